The Labute approximate surface area is 189 Å². The molecular formula is C24H28N4O3S. The zero-order valence-corrected chi connectivity index (χ0v) is 18.6. The Kier molecular flexibility index (Phi) is 8.77. The van der Waals surface area contributed by atoms with Crippen LogP contribution in [0.25, 0.3) is 0 Å². The summed E-state index contributed by atoms with van der Waals surface area (Å²) in [5.74, 6) is -0.517. The van der Waals surface area contributed by atoms with Gasteiger partial charge in [0, 0.05) is 30.7 Å². The molecule has 1 amide bonds. The fourth-order valence-corrected chi connectivity index (χ4v) is 4.37. The molecule has 2 aromatic carbocycles. The Bertz CT molecular complexity index is 1060. The van der Waals surface area contributed by atoms with Crippen molar-refractivity contribution in [3.8, 4) is 0 Å². The molecule has 3 N–H and O–H groups in total. The molecule has 0 unspecified atom stereocenters. The predicted octanol–water partition coefficient (Wildman–Crippen LogP) is 2.73. The minimum absolute atomic E-state index is 0.141. The summed E-state index contributed by atoms with van der Waals surface area (Å²) in [6.45, 7) is 0.361. The number of amides is 1. The fraction of sp³-hybridized carbons (Fsp3) is 0.250. The lowest BCUT2D eigenvalue weighted by Gasteiger charge is -2.20. The summed E-state index contributed by atoms with van der Waals surface area (Å²) in [5, 5.41) is 6.28. The van der Waals surface area contributed by atoms with Gasteiger partial charge < -0.3 is 10.6 Å². The Morgan fingerprint density at radius 1 is 0.875 bits per heavy atom. The topological polar surface area (TPSA) is 100 Å². The smallest absolute Gasteiger partial charge is 0.235 e. The molecular weight excluding hydrogens is 424 g/mol. The van der Waals surface area contributed by atoms with Crippen LogP contribution in [0.4, 0.5) is 5.69 Å². The third-order valence-corrected chi connectivity index (χ3v) is 6.14. The molecule has 0 fully saturated rings. The number of aromatic nitrogens is 1. The quantitative estimate of drug-likeness (QED) is 0.392. The van der Waals surface area contributed by atoms with E-state index in [0.29, 0.717) is 24.9 Å². The number of carbonyl (C=O) groups is 1. The minimum Gasteiger partial charge on any atom is -0.385 e. The normalized spacial score (nSPS) is 12.1. The molecule has 1 aromatic heterocycles. The van der Waals surface area contributed by atoms with E-state index >= 15 is 0 Å². The summed E-state index contributed by atoms with van der Waals surface area (Å²) in [4.78, 5) is 16.5. The molecule has 32 heavy (non-hydrogen) atoms. The summed E-state index contributed by atoms with van der Waals surface area (Å²) >= 11 is 0. The third-order valence-electron chi connectivity index (χ3n) is 4.84. The van der Waals surface area contributed by atoms with Gasteiger partial charge in [0.15, 0.2) is 0 Å². The Morgan fingerprint density at radius 2 is 1.50 bits per heavy atom. The first-order valence-electron chi connectivity index (χ1n) is 10.5. The van der Waals surface area contributed by atoms with Gasteiger partial charge >= 0.3 is 0 Å². The van der Waals surface area contributed by atoms with Crippen molar-refractivity contribution in [2.24, 2.45) is 0 Å². The van der Waals surface area contributed by atoms with Crippen LogP contribution >= 0.6 is 0 Å². The van der Waals surface area contributed by atoms with E-state index in [1.165, 1.54) is 0 Å². The molecule has 7 nitrogen and oxygen atoms in total. The van der Waals surface area contributed by atoms with Gasteiger partial charge in [-0.2, -0.15) is 0 Å². The predicted molar refractivity (Wildman–Crippen MR) is 126 cm³/mol. The number of pyridine rings is 1. The number of nitrogens with zero attached hydrogens (tertiary/aromatic N) is 1. The van der Waals surface area contributed by atoms with Crippen LogP contribution in [0.5, 0.6) is 0 Å². The van der Waals surface area contributed by atoms with Crippen LogP contribution in [0.3, 0.4) is 0 Å². The average molecular weight is 453 g/mol. The third kappa shape index (κ3) is 8.49. The van der Waals surface area contributed by atoms with Crippen molar-refractivity contribution in [3.05, 3.63) is 96.3 Å². The maximum Gasteiger partial charge on any atom is 0.235 e. The van der Waals surface area contributed by atoms with Crippen LogP contribution in [0.1, 0.15) is 17.5 Å². The van der Waals surface area contributed by atoms with E-state index in [1.54, 1.807) is 36.7 Å². The lowest BCUT2D eigenvalue weighted by atomic mass is 10.0. The summed E-state index contributed by atoms with van der Waals surface area (Å²) in [6, 6.07) is 22.4. The van der Waals surface area contributed by atoms with Crippen molar-refractivity contribution >= 4 is 21.6 Å². The number of nitrogens with one attached hydrogen (secondary N) is 3. The molecule has 1 atom stereocenters. The molecule has 0 aliphatic heterocycles. The van der Waals surface area contributed by atoms with Crippen LogP contribution < -0.4 is 15.4 Å². The maximum atomic E-state index is 12.5. The standard InChI is InChI=1S/C24H28N4O3S/c29-24(18-27-32(30,31)19-21-9-5-2-6-10-21)28-23(17-20-7-3-1-4-8-20)13-16-26-22-11-14-25-15-12-22/h1-12,14-15,23,27H,13,16-19H2,(H,25,26)(H,28,29)/t23-/m1/s1. The van der Waals surface area contributed by atoms with E-state index in [9.17, 15) is 13.2 Å². The van der Waals surface area contributed by atoms with E-state index < -0.39 is 10.0 Å². The van der Waals surface area contributed by atoms with Crippen molar-refractivity contribution in [2.75, 3.05) is 18.4 Å². The maximum absolute atomic E-state index is 12.5. The molecule has 0 saturated heterocycles. The van der Waals surface area contributed by atoms with E-state index in [2.05, 4.69) is 20.3 Å². The summed E-state index contributed by atoms with van der Waals surface area (Å²) in [7, 11) is -3.61. The van der Waals surface area contributed by atoms with Gasteiger partial charge in [-0.05, 0) is 36.1 Å². The zero-order valence-electron chi connectivity index (χ0n) is 17.8. The van der Waals surface area contributed by atoms with Crippen LogP contribution in [0.2, 0.25) is 0 Å². The Balaban J connectivity index is 1.53. The molecule has 3 rings (SSSR count). The number of sulfonamides is 1. The molecule has 0 radical (unpaired) electrons. The Hall–Kier alpha value is -3.23. The zero-order chi connectivity index (χ0) is 22.7. The molecule has 0 aliphatic carbocycles. The summed E-state index contributed by atoms with van der Waals surface area (Å²) in [6.07, 6.45) is 4.77. The highest BCUT2D eigenvalue weighted by Crippen LogP contribution is 2.09. The number of benzene rings is 2. The van der Waals surface area contributed by atoms with Crippen molar-refractivity contribution in [1.29, 1.82) is 0 Å². The molecule has 0 bridgehead atoms. The number of carbonyl (C=O) groups excluding carboxylic acids is 1. The molecule has 0 saturated carbocycles. The fourth-order valence-electron chi connectivity index (χ4n) is 3.28. The van der Waals surface area contributed by atoms with Crippen molar-refractivity contribution < 1.29 is 13.2 Å². The second-order valence-corrected chi connectivity index (χ2v) is 9.28. The number of rotatable bonds is 12. The van der Waals surface area contributed by atoms with Gasteiger partial charge in [0.25, 0.3) is 0 Å². The van der Waals surface area contributed by atoms with Crippen molar-refractivity contribution in [1.82, 2.24) is 15.0 Å². The number of hydrogen-bond donors (Lipinski definition) is 3. The molecule has 3 aromatic rings. The largest absolute Gasteiger partial charge is 0.385 e. The average Bonchev–Trinajstić information content (AvgIpc) is 2.79. The van der Waals surface area contributed by atoms with E-state index in [-0.39, 0.29) is 24.2 Å². The lowest BCUT2D eigenvalue weighted by molar-refractivity contribution is -0.120. The number of hydrogen-bond acceptors (Lipinski definition) is 5. The van der Waals surface area contributed by atoms with Crippen LogP contribution in [-0.2, 0) is 27.0 Å². The highest BCUT2D eigenvalue weighted by Gasteiger charge is 2.17. The monoisotopic (exact) mass is 452 g/mol. The lowest BCUT2D eigenvalue weighted by Crippen LogP contribution is -2.43. The van der Waals surface area contributed by atoms with Gasteiger partial charge in [-0.3, -0.25) is 9.78 Å². The first kappa shape index (κ1) is 23.4. The highest BCUT2D eigenvalue weighted by molar-refractivity contribution is 7.88. The van der Waals surface area contributed by atoms with E-state index in [4.69, 9.17) is 0 Å². The Morgan fingerprint density at radius 3 is 2.16 bits per heavy atom. The van der Waals surface area contributed by atoms with Gasteiger partial charge in [-0.1, -0.05) is 60.7 Å². The van der Waals surface area contributed by atoms with Gasteiger partial charge in [-0.25, -0.2) is 13.1 Å². The van der Waals surface area contributed by atoms with Gasteiger partial charge in [0.1, 0.15) is 0 Å². The van der Waals surface area contributed by atoms with Gasteiger partial charge in [-0.15, -0.1) is 0 Å². The summed E-state index contributed by atoms with van der Waals surface area (Å²) in [5.41, 5.74) is 2.73. The van der Waals surface area contributed by atoms with Crippen molar-refractivity contribution in [2.45, 2.75) is 24.6 Å². The minimum atomic E-state index is -3.61. The highest BCUT2D eigenvalue weighted by atomic mass is 32.2. The van der Waals surface area contributed by atoms with E-state index in [1.807, 2.05) is 48.5 Å². The first-order valence-corrected chi connectivity index (χ1v) is 12.1. The SMILES string of the molecule is O=C(CNS(=O)(=O)Cc1ccccc1)N[C@H](CCNc1ccncc1)Cc1ccccc1. The van der Waals surface area contributed by atoms with Gasteiger partial charge in [0.05, 0.1) is 12.3 Å². The second-order valence-electron chi connectivity index (χ2n) is 7.47. The molecule has 8 heteroatoms. The van der Waals surface area contributed by atoms with Crippen LogP contribution in [-0.4, -0.2) is 38.4 Å². The molecule has 1 heterocycles. The van der Waals surface area contributed by atoms with E-state index in [0.717, 1.165) is 11.3 Å². The molecule has 0 spiro atoms. The second kappa shape index (κ2) is 12.0. The number of anilines is 1. The van der Waals surface area contributed by atoms with Crippen LogP contribution in [0, 0.1) is 0 Å². The van der Waals surface area contributed by atoms with Crippen LogP contribution in [0.15, 0.2) is 85.2 Å². The first-order chi connectivity index (χ1) is 15.5. The van der Waals surface area contributed by atoms with Gasteiger partial charge in [0.2, 0.25) is 15.9 Å². The molecule has 168 valence electrons. The van der Waals surface area contributed by atoms with Crippen molar-refractivity contribution in [3.63, 3.8) is 0 Å². The summed E-state index contributed by atoms with van der Waals surface area (Å²) < 4.78 is 27.0. The molecule has 0 aliphatic rings.